The molecule has 1 aromatic carbocycles. The van der Waals surface area contributed by atoms with E-state index < -0.39 is 0 Å². The number of nitrogens with zero attached hydrogens (tertiary/aromatic N) is 1. The zero-order valence-electron chi connectivity index (χ0n) is 10.9. The molecule has 0 aliphatic rings. The van der Waals surface area contributed by atoms with Gasteiger partial charge in [0.2, 0.25) is 0 Å². The van der Waals surface area contributed by atoms with E-state index >= 15 is 0 Å². The minimum atomic E-state index is -0.180. The predicted molar refractivity (Wildman–Crippen MR) is 73.6 cm³/mol. The van der Waals surface area contributed by atoms with Gasteiger partial charge >= 0.3 is 5.97 Å². The molecule has 1 rings (SSSR count). The van der Waals surface area contributed by atoms with Crippen LogP contribution in [0.2, 0.25) is 0 Å². The third-order valence-corrected chi connectivity index (χ3v) is 2.45. The highest BCUT2D eigenvalue weighted by Gasteiger charge is 1.96. The van der Waals surface area contributed by atoms with E-state index in [-0.39, 0.29) is 5.97 Å². The first kappa shape index (κ1) is 14.2. The highest BCUT2D eigenvalue weighted by Crippen LogP contribution is 2.01. The number of ether oxygens (including phenoxy) is 1. The van der Waals surface area contributed by atoms with Crippen molar-refractivity contribution in [2.45, 2.75) is 26.3 Å². The van der Waals surface area contributed by atoms with Crippen LogP contribution < -0.4 is 0 Å². The standard InChI is InChI=1S/C15H19NO2/c1-13(7-6-10-15(17)18-2)11-16-12-14-8-4-3-5-9-14/h3-5,7-9,11H,6,10,12H2,1-2H3/b13-7-,16-11?. The van der Waals surface area contributed by atoms with Crippen LogP contribution in [0.5, 0.6) is 0 Å². The lowest BCUT2D eigenvalue weighted by molar-refractivity contribution is -0.140. The molecule has 0 saturated heterocycles. The first-order valence-corrected chi connectivity index (χ1v) is 5.99. The molecule has 3 nitrogen and oxygen atoms in total. The second kappa shape index (κ2) is 8.23. The van der Waals surface area contributed by atoms with Crippen molar-refractivity contribution in [3.05, 3.63) is 47.5 Å². The van der Waals surface area contributed by atoms with Gasteiger partial charge in [-0.1, -0.05) is 36.4 Å². The Labute approximate surface area is 108 Å². The molecule has 0 N–H and O–H groups in total. The number of aliphatic imine (C=N–C) groups is 1. The van der Waals surface area contributed by atoms with Crippen LogP contribution in [0.25, 0.3) is 0 Å². The van der Waals surface area contributed by atoms with Gasteiger partial charge in [0.25, 0.3) is 0 Å². The van der Waals surface area contributed by atoms with Gasteiger partial charge in [0.15, 0.2) is 0 Å². The smallest absolute Gasteiger partial charge is 0.305 e. The first-order valence-electron chi connectivity index (χ1n) is 5.99. The summed E-state index contributed by atoms with van der Waals surface area (Å²) in [6, 6.07) is 10.1. The maximum atomic E-state index is 10.9. The van der Waals surface area contributed by atoms with Crippen molar-refractivity contribution in [1.82, 2.24) is 0 Å². The van der Waals surface area contributed by atoms with Crippen LogP contribution in [0.3, 0.4) is 0 Å². The fraction of sp³-hybridized carbons (Fsp3) is 0.333. The summed E-state index contributed by atoms with van der Waals surface area (Å²) >= 11 is 0. The second-order valence-corrected chi connectivity index (χ2v) is 4.02. The van der Waals surface area contributed by atoms with Crippen LogP contribution in [0.4, 0.5) is 0 Å². The fourth-order valence-electron chi connectivity index (χ4n) is 1.45. The van der Waals surface area contributed by atoms with Gasteiger partial charge in [-0.15, -0.1) is 0 Å². The highest BCUT2D eigenvalue weighted by molar-refractivity contribution is 5.77. The fourth-order valence-corrected chi connectivity index (χ4v) is 1.45. The molecular formula is C15H19NO2. The average molecular weight is 245 g/mol. The highest BCUT2D eigenvalue weighted by atomic mass is 16.5. The largest absolute Gasteiger partial charge is 0.469 e. The molecule has 0 aliphatic heterocycles. The van der Waals surface area contributed by atoms with E-state index in [1.54, 1.807) is 0 Å². The summed E-state index contributed by atoms with van der Waals surface area (Å²) in [6.45, 7) is 2.66. The Kier molecular flexibility index (Phi) is 6.47. The van der Waals surface area contributed by atoms with Gasteiger partial charge in [-0.3, -0.25) is 9.79 Å². The van der Waals surface area contributed by atoms with Crippen LogP contribution in [0, 0.1) is 0 Å². The summed E-state index contributed by atoms with van der Waals surface area (Å²) < 4.78 is 4.57. The molecule has 0 heterocycles. The Bertz CT molecular complexity index is 421. The lowest BCUT2D eigenvalue weighted by Crippen LogP contribution is -1.98. The minimum Gasteiger partial charge on any atom is -0.469 e. The molecule has 0 fully saturated rings. The van der Waals surface area contributed by atoms with Gasteiger partial charge in [-0.2, -0.15) is 0 Å². The topological polar surface area (TPSA) is 38.7 Å². The van der Waals surface area contributed by atoms with Crippen LogP contribution in [-0.4, -0.2) is 19.3 Å². The second-order valence-electron chi connectivity index (χ2n) is 4.02. The van der Waals surface area contributed by atoms with Crippen LogP contribution in [0.15, 0.2) is 47.0 Å². The summed E-state index contributed by atoms with van der Waals surface area (Å²) in [6.07, 6.45) is 4.94. The Morgan fingerprint density at radius 3 is 2.72 bits per heavy atom. The van der Waals surface area contributed by atoms with E-state index in [4.69, 9.17) is 0 Å². The molecule has 0 atom stereocenters. The molecule has 0 bridgehead atoms. The van der Waals surface area contributed by atoms with Crippen LogP contribution in [-0.2, 0) is 16.1 Å². The number of rotatable bonds is 6. The summed E-state index contributed by atoms with van der Waals surface area (Å²) in [5.74, 6) is -0.180. The number of hydrogen-bond donors (Lipinski definition) is 0. The summed E-state index contributed by atoms with van der Waals surface area (Å²) in [5, 5.41) is 0. The van der Waals surface area contributed by atoms with Crippen molar-refractivity contribution >= 4 is 12.2 Å². The maximum absolute atomic E-state index is 10.9. The zero-order chi connectivity index (χ0) is 13.2. The van der Waals surface area contributed by atoms with E-state index in [1.807, 2.05) is 49.5 Å². The van der Waals surface area contributed by atoms with E-state index in [0.717, 1.165) is 5.57 Å². The Hall–Kier alpha value is -1.90. The number of benzene rings is 1. The quantitative estimate of drug-likeness (QED) is 0.570. The van der Waals surface area contributed by atoms with E-state index in [2.05, 4.69) is 9.73 Å². The zero-order valence-corrected chi connectivity index (χ0v) is 10.9. The Morgan fingerprint density at radius 2 is 2.06 bits per heavy atom. The molecule has 3 heteroatoms. The van der Waals surface area contributed by atoms with Crippen molar-refractivity contribution < 1.29 is 9.53 Å². The van der Waals surface area contributed by atoms with Crippen molar-refractivity contribution in [3.63, 3.8) is 0 Å². The van der Waals surface area contributed by atoms with Crippen molar-refractivity contribution in [2.24, 2.45) is 4.99 Å². The Balaban J connectivity index is 2.33. The first-order chi connectivity index (χ1) is 8.72. The predicted octanol–water partition coefficient (Wildman–Crippen LogP) is 3.16. The third kappa shape index (κ3) is 5.99. The summed E-state index contributed by atoms with van der Waals surface area (Å²) in [7, 11) is 1.40. The number of allylic oxidation sites excluding steroid dienone is 2. The lowest BCUT2D eigenvalue weighted by atomic mass is 10.2. The number of carbonyl (C=O) groups excluding carboxylic acids is 1. The Morgan fingerprint density at radius 1 is 1.33 bits per heavy atom. The van der Waals surface area contributed by atoms with Gasteiger partial charge < -0.3 is 4.74 Å². The molecule has 0 saturated carbocycles. The van der Waals surface area contributed by atoms with Crippen LogP contribution >= 0.6 is 0 Å². The van der Waals surface area contributed by atoms with E-state index in [1.165, 1.54) is 12.7 Å². The van der Waals surface area contributed by atoms with Gasteiger partial charge in [-0.05, 0) is 24.5 Å². The van der Waals surface area contributed by atoms with Crippen molar-refractivity contribution in [1.29, 1.82) is 0 Å². The molecule has 0 aliphatic carbocycles. The molecule has 0 unspecified atom stereocenters. The van der Waals surface area contributed by atoms with Gasteiger partial charge in [0, 0.05) is 12.6 Å². The molecule has 18 heavy (non-hydrogen) atoms. The van der Waals surface area contributed by atoms with Crippen molar-refractivity contribution in [2.75, 3.05) is 7.11 Å². The van der Waals surface area contributed by atoms with Crippen LogP contribution in [0.1, 0.15) is 25.3 Å². The van der Waals surface area contributed by atoms with E-state index in [9.17, 15) is 4.79 Å². The molecule has 1 aromatic rings. The monoisotopic (exact) mass is 245 g/mol. The molecule has 0 spiro atoms. The molecule has 96 valence electrons. The maximum Gasteiger partial charge on any atom is 0.305 e. The lowest BCUT2D eigenvalue weighted by Gasteiger charge is -1.97. The third-order valence-electron chi connectivity index (χ3n) is 2.45. The number of methoxy groups -OCH3 is 1. The van der Waals surface area contributed by atoms with Crippen molar-refractivity contribution in [3.8, 4) is 0 Å². The summed E-state index contributed by atoms with van der Waals surface area (Å²) in [5.41, 5.74) is 2.26. The SMILES string of the molecule is COC(=O)CC/C=C(/C)C=NCc1ccccc1. The minimum absolute atomic E-state index is 0.180. The average Bonchev–Trinajstić information content (AvgIpc) is 2.39. The molecule has 0 aromatic heterocycles. The molecular weight excluding hydrogens is 226 g/mol. The van der Waals surface area contributed by atoms with Gasteiger partial charge in [-0.25, -0.2) is 0 Å². The van der Waals surface area contributed by atoms with Gasteiger partial charge in [0.1, 0.15) is 0 Å². The number of carbonyl (C=O) groups is 1. The normalized spacial score (nSPS) is 11.8. The molecule has 0 radical (unpaired) electrons. The van der Waals surface area contributed by atoms with Gasteiger partial charge in [0.05, 0.1) is 13.7 Å². The summed E-state index contributed by atoms with van der Waals surface area (Å²) in [4.78, 5) is 15.3. The molecule has 0 amide bonds. The van der Waals surface area contributed by atoms with E-state index in [0.29, 0.717) is 19.4 Å². The number of hydrogen-bond acceptors (Lipinski definition) is 3. The number of esters is 1.